The normalized spacial score (nSPS) is 14.5. The van der Waals surface area contributed by atoms with Crippen molar-refractivity contribution >= 4 is 60.4 Å². The Balaban J connectivity index is 1.32. The summed E-state index contributed by atoms with van der Waals surface area (Å²) in [5.74, 6) is 2.20. The van der Waals surface area contributed by atoms with E-state index in [9.17, 15) is 0 Å². The van der Waals surface area contributed by atoms with Crippen molar-refractivity contribution < 1.29 is 30.6 Å². The molecule has 6 aromatic carbocycles. The summed E-state index contributed by atoms with van der Waals surface area (Å²) < 4.78 is 51.5. The van der Waals surface area contributed by atoms with Crippen LogP contribution in [0.25, 0.3) is 43.9 Å². The second-order valence-corrected chi connectivity index (χ2v) is 34.6. The Bertz CT molecular complexity index is 3510. The molecule has 0 amide bonds. The first-order chi connectivity index (χ1) is 37.2. The zero-order valence-electron chi connectivity index (χ0n) is 55.2. The van der Waals surface area contributed by atoms with Crippen LogP contribution in [0.3, 0.4) is 0 Å². The van der Waals surface area contributed by atoms with Crippen LogP contribution < -0.4 is 13.8 Å². The first-order valence-corrected chi connectivity index (χ1v) is 31.8. The van der Waals surface area contributed by atoms with E-state index < -0.39 is 21.9 Å². The van der Waals surface area contributed by atoms with E-state index in [2.05, 4.69) is 255 Å². The molecule has 1 aliphatic heterocycles. The highest BCUT2D eigenvalue weighted by Crippen LogP contribution is 2.58. The molecule has 0 aliphatic carbocycles. The van der Waals surface area contributed by atoms with Crippen molar-refractivity contribution in [1.82, 2.24) is 0 Å². The Morgan fingerprint density at radius 3 is 0.756 bits per heavy atom. The third kappa shape index (κ3) is 11.6. The van der Waals surface area contributed by atoms with Gasteiger partial charge in [-0.05, 0) is 127 Å². The summed E-state index contributed by atoms with van der Waals surface area (Å²) in [5.41, 5.74) is 14.1. The van der Waals surface area contributed by atoms with Gasteiger partial charge >= 0.3 is 16.5 Å². The molecule has 9 rings (SSSR count). The Morgan fingerprint density at radius 1 is 0.317 bits per heavy atom. The molecule has 1 aliphatic rings. The molecule has 440 valence electrons. The Morgan fingerprint density at radius 2 is 0.549 bits per heavy atom. The smallest absolute Gasteiger partial charge is 0.449 e. The fourth-order valence-electron chi connectivity index (χ4n) is 11.2. The van der Waals surface area contributed by atoms with E-state index in [4.69, 9.17) is 30.6 Å². The quantitative estimate of drug-likeness (QED) is 0.174. The number of rotatable bonds is 4. The van der Waals surface area contributed by atoms with Crippen molar-refractivity contribution in [2.75, 3.05) is 0 Å². The van der Waals surface area contributed by atoms with E-state index in [0.29, 0.717) is 23.0 Å². The number of benzene rings is 6. The van der Waals surface area contributed by atoms with Crippen molar-refractivity contribution in [3.05, 3.63) is 140 Å². The van der Waals surface area contributed by atoms with Gasteiger partial charge in [0.05, 0.1) is 0 Å². The average molecular weight is 1150 g/mol. The van der Waals surface area contributed by atoms with Crippen molar-refractivity contribution in [3.8, 4) is 23.0 Å². The fraction of sp³-hybridized carbons (Fsp3) is 0.507. The minimum absolute atomic E-state index is 0.137. The second kappa shape index (κ2) is 19.8. The van der Waals surface area contributed by atoms with E-state index in [0.717, 1.165) is 88.4 Å². The molecule has 0 unspecified atom stereocenters. The molecule has 0 N–H and O–H groups in total. The molecule has 2 aromatic heterocycles. The Labute approximate surface area is 493 Å². The average Bonchev–Trinajstić information content (AvgIpc) is 3.67. The largest absolute Gasteiger partial charge is 0.453 e. The van der Waals surface area contributed by atoms with E-state index in [1.165, 1.54) is 22.3 Å². The molecule has 9 heteroatoms. The number of aryl methyl sites for hydroxylation is 2. The molecule has 0 saturated carbocycles. The Hall–Kier alpha value is -5.48. The zero-order chi connectivity index (χ0) is 60.9. The predicted octanol–water partition coefficient (Wildman–Crippen LogP) is 24.0. The molecular weight excluding hydrogens is 1050 g/mol. The van der Waals surface area contributed by atoms with Gasteiger partial charge in [0.25, 0.3) is 0 Å². The van der Waals surface area contributed by atoms with Crippen LogP contribution in [0.2, 0.25) is 0 Å². The van der Waals surface area contributed by atoms with Crippen LogP contribution >= 0.6 is 16.5 Å². The van der Waals surface area contributed by atoms with Crippen LogP contribution in [0.4, 0.5) is 0 Å². The maximum atomic E-state index is 7.38. The SMILES string of the molecule is Cc1cc(Op2oc3c(C(C)(C)C)cc(C(C)(C)C)cc3c3cc(C(C)(C)C)cc(C(C)(C)C)c3o2)c2c(c1)C(C)(C)c1cc(C)cc(Op3oc4c(C(C)(C)C)cc(C(C)(C)C)cc4c4cc(C(C)(C)C)cc(C(C)(C)C)c4o3)c1O2. The van der Waals surface area contributed by atoms with E-state index in [1.54, 1.807) is 0 Å². The number of fused-ring (bicyclic) bond motifs is 8. The van der Waals surface area contributed by atoms with Crippen LogP contribution in [-0.2, 0) is 48.7 Å². The molecule has 3 heterocycles. The van der Waals surface area contributed by atoms with Crippen LogP contribution in [0.1, 0.15) is 247 Å². The first kappa shape index (κ1) is 61.1. The van der Waals surface area contributed by atoms with Crippen molar-refractivity contribution in [2.24, 2.45) is 0 Å². The van der Waals surface area contributed by atoms with Gasteiger partial charge in [-0.25, -0.2) is 0 Å². The van der Waals surface area contributed by atoms with Gasteiger partial charge in [0.2, 0.25) is 0 Å². The summed E-state index contributed by atoms with van der Waals surface area (Å²) in [7, 11) is -4.30. The lowest BCUT2D eigenvalue weighted by Crippen LogP contribution is -2.25. The van der Waals surface area contributed by atoms with Crippen LogP contribution in [0.5, 0.6) is 23.0 Å². The van der Waals surface area contributed by atoms with Gasteiger partial charge in [-0.1, -0.05) is 216 Å². The highest BCUT2D eigenvalue weighted by molar-refractivity contribution is 7.32. The third-order valence-corrected chi connectivity index (χ3v) is 18.6. The van der Waals surface area contributed by atoms with Crippen LogP contribution in [0, 0.1) is 13.8 Å². The standard InChI is InChI=1S/C73H96O7P2/c1-41-29-55-63(57(31-41)75-81-77-59-47(33-43(65(3,4)5)37-51(59)69(15,16)17)48-34-44(66(6,7)8)38-52(60(48)78-81)70(18,19)20)74-64-56(73(55,27)28)30-42(2)32-58(64)76-82-79-61-49(35-45(67(9,10)11)39-53(61)71(21,22)23)50-36-46(68(12,13)14)40-54(62(50)80-82)72(24,25)26/h29-40H,1-28H3. The molecule has 0 spiro atoms. The highest BCUT2D eigenvalue weighted by Gasteiger charge is 2.40. The zero-order valence-corrected chi connectivity index (χ0v) is 57.0. The van der Waals surface area contributed by atoms with Crippen LogP contribution in [0.15, 0.2) is 89.6 Å². The number of hydrogen-bond donors (Lipinski definition) is 0. The van der Waals surface area contributed by atoms with E-state index in [1.807, 2.05) is 12.1 Å². The second-order valence-electron chi connectivity index (χ2n) is 32.6. The minimum Gasteiger partial charge on any atom is -0.449 e. The molecule has 0 radical (unpaired) electrons. The van der Waals surface area contributed by atoms with Gasteiger partial charge in [-0.15, -0.1) is 0 Å². The van der Waals surface area contributed by atoms with E-state index >= 15 is 0 Å². The number of hydrogen-bond acceptors (Lipinski definition) is 7. The topological polar surface area (TPSA) is 80.3 Å². The summed E-state index contributed by atoms with van der Waals surface area (Å²) in [5, 5.41) is 4.04. The maximum Gasteiger partial charge on any atom is 0.453 e. The van der Waals surface area contributed by atoms with E-state index in [-0.39, 0.29) is 43.3 Å². The van der Waals surface area contributed by atoms with Gasteiger partial charge < -0.3 is 30.6 Å². The summed E-state index contributed by atoms with van der Waals surface area (Å²) in [6, 6.07) is 27.1. The lowest BCUT2D eigenvalue weighted by Gasteiger charge is -2.36. The molecule has 0 saturated heterocycles. The van der Waals surface area contributed by atoms with Crippen molar-refractivity contribution in [1.29, 1.82) is 0 Å². The van der Waals surface area contributed by atoms with Crippen molar-refractivity contribution in [3.63, 3.8) is 0 Å². The molecular formula is C73H96O7P2. The number of ether oxygens (including phenoxy) is 1. The summed E-state index contributed by atoms with van der Waals surface area (Å²) in [6.07, 6.45) is 0. The molecule has 0 fully saturated rings. The van der Waals surface area contributed by atoms with Gasteiger partial charge in [-0.2, -0.15) is 0 Å². The Kier molecular flexibility index (Phi) is 14.8. The third-order valence-electron chi connectivity index (χ3n) is 16.6. The lowest BCUT2D eigenvalue weighted by molar-refractivity contribution is 0.376. The van der Waals surface area contributed by atoms with Crippen molar-refractivity contribution in [2.45, 2.75) is 243 Å². The first-order valence-electron chi connectivity index (χ1n) is 29.7. The summed E-state index contributed by atoms with van der Waals surface area (Å²) >= 11 is 0. The lowest BCUT2D eigenvalue weighted by atomic mass is 9.74. The maximum absolute atomic E-state index is 7.38. The predicted molar refractivity (Wildman–Crippen MR) is 349 cm³/mol. The van der Waals surface area contributed by atoms with Gasteiger partial charge in [0, 0.05) is 60.3 Å². The molecule has 82 heavy (non-hydrogen) atoms. The highest BCUT2D eigenvalue weighted by atomic mass is 31.1. The molecule has 8 aromatic rings. The van der Waals surface area contributed by atoms with Gasteiger partial charge in [-0.3, -0.25) is 0 Å². The monoisotopic (exact) mass is 1150 g/mol. The molecule has 7 nitrogen and oxygen atoms in total. The fourth-order valence-corrected chi connectivity index (χ4v) is 13.4. The minimum atomic E-state index is -2.15. The van der Waals surface area contributed by atoms with Crippen LogP contribution in [-0.4, -0.2) is 0 Å². The summed E-state index contributed by atoms with van der Waals surface area (Å²) in [4.78, 5) is 0. The summed E-state index contributed by atoms with van der Waals surface area (Å²) in [6.45, 7) is 63.2. The molecule has 0 bridgehead atoms. The van der Waals surface area contributed by atoms with Gasteiger partial charge in [0.15, 0.2) is 23.0 Å². The molecule has 0 atom stereocenters. The van der Waals surface area contributed by atoms with Gasteiger partial charge in [0.1, 0.15) is 22.3 Å².